The number of ether oxygens (including phenoxy) is 1. The molecule has 3 rings (SSSR count). The van der Waals surface area contributed by atoms with Crippen LogP contribution in [-0.2, 0) is 37.1 Å². The molecule has 3 heterocycles. The number of amides is 3. The van der Waals surface area contributed by atoms with Gasteiger partial charge in [-0.25, -0.2) is 9.00 Å². The van der Waals surface area contributed by atoms with Crippen molar-refractivity contribution in [3.8, 4) is 0 Å². The molecule has 27 heavy (non-hydrogen) atoms. The number of nitrogens with zero attached hydrogens (tertiary/aromatic N) is 4. The van der Waals surface area contributed by atoms with Gasteiger partial charge in [-0.2, -0.15) is 9.46 Å². The number of carbonyl (C=O) groups is 3. The minimum atomic E-state index is -2.95. The van der Waals surface area contributed by atoms with Gasteiger partial charge in [0.15, 0.2) is 0 Å². The molecule has 0 aromatic carbocycles. The summed E-state index contributed by atoms with van der Waals surface area (Å²) < 4.78 is 23.4. The van der Waals surface area contributed by atoms with Gasteiger partial charge in [0.2, 0.25) is 5.91 Å². The quantitative estimate of drug-likeness (QED) is 0.789. The predicted molar refractivity (Wildman–Crippen MR) is 95.2 cm³/mol. The molecule has 11 heteroatoms. The molecule has 0 aliphatic carbocycles. The van der Waals surface area contributed by atoms with E-state index in [-0.39, 0.29) is 25.5 Å². The number of rotatable bonds is 4. The molecule has 1 fully saturated rings. The number of carbonyl (C=O) groups excluding carboxylic acids is 3. The van der Waals surface area contributed by atoms with E-state index in [4.69, 9.17) is 4.74 Å². The van der Waals surface area contributed by atoms with Gasteiger partial charge < -0.3 is 15.0 Å². The van der Waals surface area contributed by atoms with Crippen LogP contribution in [0.4, 0.5) is 4.79 Å². The van der Waals surface area contributed by atoms with Gasteiger partial charge in [-0.05, 0) is 6.42 Å². The second-order valence-electron chi connectivity index (χ2n) is 6.60. The first-order valence-corrected chi connectivity index (χ1v) is 10.8. The van der Waals surface area contributed by atoms with Gasteiger partial charge in [0.1, 0.15) is 6.04 Å². The second kappa shape index (κ2) is 7.67. The fraction of sp³-hybridized carbons (Fsp3) is 0.625. The Balaban J connectivity index is 1.82. The zero-order valence-corrected chi connectivity index (χ0v) is 16.2. The molecule has 1 saturated heterocycles. The summed E-state index contributed by atoms with van der Waals surface area (Å²) in [6.07, 6.45) is 3.54. The van der Waals surface area contributed by atoms with Crippen molar-refractivity contribution < 1.29 is 23.3 Å². The predicted octanol–water partition coefficient (Wildman–Crippen LogP) is 0.507. The van der Waals surface area contributed by atoms with Crippen molar-refractivity contribution in [3.63, 3.8) is 0 Å². The van der Waals surface area contributed by atoms with Crippen molar-refractivity contribution in [2.24, 2.45) is 4.36 Å². The summed E-state index contributed by atoms with van der Waals surface area (Å²) in [4.78, 5) is 37.9. The molecule has 0 radical (unpaired) electrons. The van der Waals surface area contributed by atoms with Crippen molar-refractivity contribution >= 4 is 27.6 Å². The molecular formula is C16H23N5O5S. The number of aromatic nitrogens is 2. The summed E-state index contributed by atoms with van der Waals surface area (Å²) >= 11 is 0. The van der Waals surface area contributed by atoms with Crippen LogP contribution in [0.2, 0.25) is 0 Å². The van der Waals surface area contributed by atoms with E-state index in [1.54, 1.807) is 9.58 Å². The molecule has 3 amide bonds. The summed E-state index contributed by atoms with van der Waals surface area (Å²) in [5.74, 6) is -0.620. The summed E-state index contributed by atoms with van der Waals surface area (Å²) in [6.45, 7) is 3.11. The number of hydrogen-bond donors (Lipinski definition) is 1. The lowest BCUT2D eigenvalue weighted by Gasteiger charge is -2.32. The van der Waals surface area contributed by atoms with Crippen LogP contribution >= 0.6 is 0 Å². The topological polar surface area (TPSA) is 123 Å². The van der Waals surface area contributed by atoms with E-state index in [0.717, 1.165) is 0 Å². The molecule has 0 saturated carbocycles. The average Bonchev–Trinajstić information content (AvgIpc) is 3.05. The highest BCUT2D eigenvalue weighted by Crippen LogP contribution is 2.23. The molecule has 1 N–H and O–H groups in total. The largest absolute Gasteiger partial charge is 0.449 e. The van der Waals surface area contributed by atoms with Gasteiger partial charge in [-0.3, -0.25) is 14.3 Å². The monoisotopic (exact) mass is 397 g/mol. The van der Waals surface area contributed by atoms with E-state index < -0.39 is 27.8 Å². The second-order valence-corrected chi connectivity index (χ2v) is 8.82. The molecule has 148 valence electrons. The van der Waals surface area contributed by atoms with E-state index in [1.165, 1.54) is 12.5 Å². The van der Waals surface area contributed by atoms with Crippen LogP contribution < -0.4 is 5.32 Å². The lowest BCUT2D eigenvalue weighted by Crippen LogP contribution is -2.53. The Bertz CT molecular complexity index is 886. The normalized spacial score (nSPS) is 21.5. The van der Waals surface area contributed by atoms with E-state index in [0.29, 0.717) is 36.5 Å². The minimum absolute atomic E-state index is 0.195. The molecule has 2 aliphatic heterocycles. The van der Waals surface area contributed by atoms with Crippen LogP contribution in [-0.4, -0.2) is 62.2 Å². The number of hydrogen-bond acceptors (Lipinski definition) is 6. The molecular weight excluding hydrogens is 374 g/mol. The van der Waals surface area contributed by atoms with E-state index in [2.05, 4.69) is 14.8 Å². The molecule has 10 nitrogen and oxygen atoms in total. The molecule has 2 unspecified atom stereocenters. The van der Waals surface area contributed by atoms with E-state index >= 15 is 0 Å². The van der Waals surface area contributed by atoms with Gasteiger partial charge in [0, 0.05) is 25.6 Å². The Labute approximate surface area is 157 Å². The number of fused-ring (bicyclic) bond motifs is 1. The van der Waals surface area contributed by atoms with Crippen LogP contribution in [0.1, 0.15) is 31.9 Å². The van der Waals surface area contributed by atoms with Crippen molar-refractivity contribution in [2.75, 3.05) is 19.4 Å². The van der Waals surface area contributed by atoms with E-state index in [9.17, 15) is 18.6 Å². The maximum Gasteiger partial charge on any atom is 0.407 e. The molecule has 2 atom stereocenters. The SMILES string of the molecule is CCCC(=O)N=S(C)(=O)c1cnn2c1CN(C(=O)C1CCOC(=O)N1)CC2. The Morgan fingerprint density at radius 2 is 2.22 bits per heavy atom. The third kappa shape index (κ3) is 4.12. The van der Waals surface area contributed by atoms with Gasteiger partial charge in [-0.15, -0.1) is 0 Å². The minimum Gasteiger partial charge on any atom is -0.449 e. The maximum atomic E-state index is 13.0. The maximum absolute atomic E-state index is 13.0. The summed E-state index contributed by atoms with van der Waals surface area (Å²) in [7, 11) is -2.95. The first-order chi connectivity index (χ1) is 12.8. The van der Waals surface area contributed by atoms with Gasteiger partial charge in [0.05, 0.1) is 46.2 Å². The lowest BCUT2D eigenvalue weighted by molar-refractivity contribution is -0.136. The fourth-order valence-electron chi connectivity index (χ4n) is 3.16. The van der Waals surface area contributed by atoms with Crippen LogP contribution in [0.25, 0.3) is 0 Å². The first kappa shape index (κ1) is 19.3. The van der Waals surface area contributed by atoms with Crippen LogP contribution in [0.3, 0.4) is 0 Å². The molecule has 1 aromatic rings. The van der Waals surface area contributed by atoms with Crippen molar-refractivity contribution in [3.05, 3.63) is 11.9 Å². The smallest absolute Gasteiger partial charge is 0.407 e. The number of nitrogens with one attached hydrogen (secondary N) is 1. The summed E-state index contributed by atoms with van der Waals surface area (Å²) in [5, 5.41) is 6.75. The van der Waals surface area contributed by atoms with Crippen LogP contribution in [0.15, 0.2) is 15.5 Å². The highest BCUT2D eigenvalue weighted by atomic mass is 32.2. The van der Waals surface area contributed by atoms with Gasteiger partial charge in [-0.1, -0.05) is 6.92 Å². The Morgan fingerprint density at radius 1 is 1.44 bits per heavy atom. The molecule has 0 spiro atoms. The standard InChI is InChI=1S/C16H23N5O5S/c1-3-4-14(22)19-27(2,25)13-9-17-21-7-6-20(10-12(13)21)15(23)11-5-8-26-16(24)18-11/h9,11H,3-8,10H2,1-2H3,(H,18,24). The summed E-state index contributed by atoms with van der Waals surface area (Å²) in [6, 6.07) is -0.633. The first-order valence-electron chi connectivity index (χ1n) is 8.83. The Hall–Kier alpha value is -2.43. The Kier molecular flexibility index (Phi) is 5.49. The third-order valence-electron chi connectivity index (χ3n) is 4.52. The van der Waals surface area contributed by atoms with Crippen molar-refractivity contribution in [1.29, 1.82) is 0 Å². The van der Waals surface area contributed by atoms with Crippen LogP contribution in [0, 0.1) is 0 Å². The lowest BCUT2D eigenvalue weighted by atomic mass is 10.1. The van der Waals surface area contributed by atoms with Crippen molar-refractivity contribution in [2.45, 2.75) is 50.2 Å². The number of cyclic esters (lactones) is 1. The fourth-order valence-corrected chi connectivity index (χ4v) is 4.59. The highest BCUT2D eigenvalue weighted by molar-refractivity contribution is 7.93. The van der Waals surface area contributed by atoms with Crippen molar-refractivity contribution in [1.82, 2.24) is 20.0 Å². The zero-order chi connectivity index (χ0) is 19.6. The van der Waals surface area contributed by atoms with Gasteiger partial charge >= 0.3 is 6.09 Å². The van der Waals surface area contributed by atoms with E-state index in [1.807, 2.05) is 6.92 Å². The average molecular weight is 397 g/mol. The summed E-state index contributed by atoms with van der Waals surface area (Å²) in [5.41, 5.74) is 0.605. The van der Waals surface area contributed by atoms with Crippen LogP contribution in [0.5, 0.6) is 0 Å². The molecule has 0 bridgehead atoms. The molecule has 2 aliphatic rings. The Morgan fingerprint density at radius 3 is 2.93 bits per heavy atom. The molecule has 1 aromatic heterocycles. The van der Waals surface area contributed by atoms with Gasteiger partial charge in [0.25, 0.3) is 5.91 Å². The number of alkyl carbamates (subject to hydrolysis) is 1. The zero-order valence-electron chi connectivity index (χ0n) is 15.3. The highest BCUT2D eigenvalue weighted by Gasteiger charge is 2.33. The third-order valence-corrected chi connectivity index (χ3v) is 6.23.